The molecule has 0 spiro atoms. The maximum absolute atomic E-state index is 11.6. The molecular weight excluding hydrogens is 210 g/mol. The number of aromatic amines is 2. The van der Waals surface area contributed by atoms with Crippen LogP contribution in [0.25, 0.3) is 0 Å². The number of aromatic nitrogens is 3. The number of anilines is 1. The average Bonchev–Trinajstić information content (AvgIpc) is 2.22. The molecule has 2 rings (SSSR count). The van der Waals surface area contributed by atoms with Crippen LogP contribution in [0, 0.1) is 0 Å². The highest BCUT2D eigenvalue weighted by Crippen LogP contribution is 2.11. The third kappa shape index (κ3) is 1.99. The van der Waals surface area contributed by atoms with Gasteiger partial charge in [0.05, 0.1) is 0 Å². The lowest BCUT2D eigenvalue weighted by molar-refractivity contribution is 0.420. The van der Waals surface area contributed by atoms with Gasteiger partial charge in [-0.2, -0.15) is 0 Å². The van der Waals surface area contributed by atoms with Gasteiger partial charge in [0, 0.05) is 25.2 Å². The summed E-state index contributed by atoms with van der Waals surface area (Å²) in [5.41, 5.74) is -1.02. The molecule has 0 bridgehead atoms. The zero-order valence-corrected chi connectivity index (χ0v) is 9.28. The van der Waals surface area contributed by atoms with E-state index in [1.54, 1.807) is 0 Å². The molecule has 3 N–H and O–H groups in total. The molecule has 0 saturated carbocycles. The van der Waals surface area contributed by atoms with E-state index in [1.807, 2.05) is 18.7 Å². The fraction of sp³-hybridized carbons (Fsp3) is 0.667. The highest BCUT2D eigenvalue weighted by Gasteiger charge is 2.25. The highest BCUT2D eigenvalue weighted by atomic mass is 16.2. The van der Waals surface area contributed by atoms with Crippen molar-refractivity contribution in [2.45, 2.75) is 25.9 Å². The van der Waals surface area contributed by atoms with Gasteiger partial charge in [0.1, 0.15) is 0 Å². The second kappa shape index (κ2) is 4.09. The zero-order chi connectivity index (χ0) is 11.7. The molecule has 1 aromatic rings. The third-order valence-corrected chi connectivity index (χ3v) is 2.73. The summed E-state index contributed by atoms with van der Waals surface area (Å²) in [7, 11) is 0. The molecule has 0 radical (unpaired) electrons. The van der Waals surface area contributed by atoms with Crippen LogP contribution in [0.5, 0.6) is 0 Å². The first-order chi connectivity index (χ1) is 7.58. The summed E-state index contributed by atoms with van der Waals surface area (Å²) in [6, 6.07) is 0.472. The predicted molar refractivity (Wildman–Crippen MR) is 59.8 cm³/mol. The van der Waals surface area contributed by atoms with E-state index < -0.39 is 11.2 Å². The SMILES string of the molecule is CC1CN(c2n[nH]c(=O)[nH]c2=O)C(C)CN1. The van der Waals surface area contributed by atoms with Crippen molar-refractivity contribution in [3.63, 3.8) is 0 Å². The Labute approximate surface area is 91.9 Å². The summed E-state index contributed by atoms with van der Waals surface area (Å²) in [5.74, 6) is 0.278. The molecule has 1 aromatic heterocycles. The van der Waals surface area contributed by atoms with Crippen LogP contribution in [0.4, 0.5) is 5.82 Å². The van der Waals surface area contributed by atoms with Crippen molar-refractivity contribution in [1.82, 2.24) is 20.5 Å². The van der Waals surface area contributed by atoms with Gasteiger partial charge in [-0.1, -0.05) is 0 Å². The Bertz CT molecular complexity index is 479. The summed E-state index contributed by atoms with van der Waals surface area (Å²) in [4.78, 5) is 26.5. The van der Waals surface area contributed by atoms with Gasteiger partial charge in [-0.3, -0.25) is 9.78 Å². The van der Waals surface area contributed by atoms with E-state index in [0.29, 0.717) is 12.6 Å². The molecule has 88 valence electrons. The molecular formula is C9H15N5O2. The van der Waals surface area contributed by atoms with E-state index in [4.69, 9.17) is 0 Å². The second-order valence-corrected chi connectivity index (χ2v) is 4.14. The van der Waals surface area contributed by atoms with E-state index >= 15 is 0 Å². The first-order valence-electron chi connectivity index (χ1n) is 5.27. The monoisotopic (exact) mass is 225 g/mol. The Balaban J connectivity index is 2.35. The zero-order valence-electron chi connectivity index (χ0n) is 9.28. The van der Waals surface area contributed by atoms with Crippen molar-refractivity contribution in [1.29, 1.82) is 0 Å². The number of nitrogens with zero attached hydrogens (tertiary/aromatic N) is 2. The topological polar surface area (TPSA) is 93.9 Å². The van der Waals surface area contributed by atoms with Crippen LogP contribution in [0.2, 0.25) is 0 Å². The summed E-state index contributed by atoms with van der Waals surface area (Å²) in [6.07, 6.45) is 0. The van der Waals surface area contributed by atoms with Crippen LogP contribution in [-0.4, -0.2) is 40.4 Å². The predicted octanol–water partition coefficient (Wildman–Crippen LogP) is -1.36. The van der Waals surface area contributed by atoms with Gasteiger partial charge in [-0.15, -0.1) is 5.10 Å². The van der Waals surface area contributed by atoms with Crippen molar-refractivity contribution in [3.8, 4) is 0 Å². The largest absolute Gasteiger partial charge is 0.345 e. The number of piperazine rings is 1. The minimum atomic E-state index is -0.579. The average molecular weight is 225 g/mol. The van der Waals surface area contributed by atoms with Crippen molar-refractivity contribution in [2.75, 3.05) is 18.0 Å². The molecule has 7 nitrogen and oxygen atoms in total. The van der Waals surface area contributed by atoms with Gasteiger partial charge in [0.25, 0.3) is 5.56 Å². The molecule has 2 unspecified atom stereocenters. The Morgan fingerprint density at radius 1 is 1.38 bits per heavy atom. The van der Waals surface area contributed by atoms with Crippen molar-refractivity contribution in [2.24, 2.45) is 0 Å². The molecule has 0 aliphatic carbocycles. The second-order valence-electron chi connectivity index (χ2n) is 4.14. The smallest absolute Gasteiger partial charge is 0.342 e. The molecule has 2 atom stereocenters. The minimum Gasteiger partial charge on any atom is -0.345 e. The van der Waals surface area contributed by atoms with Crippen LogP contribution in [0.3, 0.4) is 0 Å². The van der Waals surface area contributed by atoms with Crippen LogP contribution in [0.15, 0.2) is 9.59 Å². The lowest BCUT2D eigenvalue weighted by Crippen LogP contribution is -2.56. The van der Waals surface area contributed by atoms with Crippen LogP contribution < -0.4 is 21.5 Å². The first-order valence-corrected chi connectivity index (χ1v) is 5.27. The van der Waals surface area contributed by atoms with E-state index in [-0.39, 0.29) is 11.9 Å². The van der Waals surface area contributed by atoms with Crippen molar-refractivity contribution in [3.05, 3.63) is 20.8 Å². The lowest BCUT2D eigenvalue weighted by Gasteiger charge is -2.37. The number of H-pyrrole nitrogens is 2. The van der Waals surface area contributed by atoms with Crippen LogP contribution >= 0.6 is 0 Å². The van der Waals surface area contributed by atoms with Crippen molar-refractivity contribution < 1.29 is 0 Å². The molecule has 0 amide bonds. The van der Waals surface area contributed by atoms with Gasteiger partial charge in [-0.25, -0.2) is 9.89 Å². The maximum Gasteiger partial charge on any atom is 0.342 e. The van der Waals surface area contributed by atoms with Crippen molar-refractivity contribution >= 4 is 5.82 Å². The molecule has 1 aliphatic heterocycles. The lowest BCUT2D eigenvalue weighted by atomic mass is 10.1. The van der Waals surface area contributed by atoms with Gasteiger partial charge >= 0.3 is 5.69 Å². The van der Waals surface area contributed by atoms with E-state index in [9.17, 15) is 9.59 Å². The van der Waals surface area contributed by atoms with Gasteiger partial charge in [-0.05, 0) is 13.8 Å². The summed E-state index contributed by atoms with van der Waals surface area (Å²) >= 11 is 0. The Hall–Kier alpha value is -1.63. The summed E-state index contributed by atoms with van der Waals surface area (Å²) < 4.78 is 0. The van der Waals surface area contributed by atoms with Gasteiger partial charge < -0.3 is 10.2 Å². The van der Waals surface area contributed by atoms with Gasteiger partial charge in [0.15, 0.2) is 0 Å². The fourth-order valence-electron chi connectivity index (χ4n) is 1.85. The first kappa shape index (κ1) is 10.9. The molecule has 2 heterocycles. The molecule has 1 fully saturated rings. The van der Waals surface area contributed by atoms with E-state index in [1.165, 1.54) is 0 Å². The van der Waals surface area contributed by atoms with Crippen LogP contribution in [0.1, 0.15) is 13.8 Å². The third-order valence-electron chi connectivity index (χ3n) is 2.73. The summed E-state index contributed by atoms with van der Waals surface area (Å²) in [5, 5.41) is 9.36. The number of hydrogen-bond donors (Lipinski definition) is 3. The molecule has 7 heteroatoms. The molecule has 16 heavy (non-hydrogen) atoms. The Kier molecular flexibility index (Phi) is 2.78. The minimum absolute atomic E-state index is 0.177. The van der Waals surface area contributed by atoms with Crippen LogP contribution in [-0.2, 0) is 0 Å². The number of nitrogens with one attached hydrogen (secondary N) is 3. The quantitative estimate of drug-likeness (QED) is 0.549. The fourth-order valence-corrected chi connectivity index (χ4v) is 1.85. The Morgan fingerprint density at radius 2 is 2.12 bits per heavy atom. The van der Waals surface area contributed by atoms with E-state index in [2.05, 4.69) is 20.5 Å². The normalized spacial score (nSPS) is 25.8. The van der Waals surface area contributed by atoms with Gasteiger partial charge in [0.2, 0.25) is 5.82 Å². The Morgan fingerprint density at radius 3 is 2.81 bits per heavy atom. The molecule has 0 aromatic carbocycles. The number of rotatable bonds is 1. The summed E-state index contributed by atoms with van der Waals surface area (Å²) in [6.45, 7) is 5.54. The number of hydrogen-bond acceptors (Lipinski definition) is 5. The van der Waals surface area contributed by atoms with E-state index in [0.717, 1.165) is 6.54 Å². The maximum atomic E-state index is 11.6. The highest BCUT2D eigenvalue weighted by molar-refractivity contribution is 5.36. The molecule has 1 saturated heterocycles. The standard InChI is InChI=1S/C9H15N5O2/c1-5-4-14(6(2)3-10-5)7-8(15)11-9(16)13-12-7/h5-6,10H,3-4H2,1-2H3,(H2,11,13,15,16). The molecule has 1 aliphatic rings.